The molecule has 40 heavy (non-hydrogen) atoms. The van der Waals surface area contributed by atoms with Gasteiger partial charge in [0, 0.05) is 13.1 Å². The van der Waals surface area contributed by atoms with Crippen LogP contribution < -0.4 is 10.6 Å². The van der Waals surface area contributed by atoms with Crippen molar-refractivity contribution in [3.63, 3.8) is 0 Å². The molecule has 0 aromatic carbocycles. The van der Waals surface area contributed by atoms with Gasteiger partial charge in [-0.05, 0) is 12.8 Å². The SMILES string of the molecule is O=C(NCCCCCCNC(=O)OC(F)C(F)(F)C(F)(F)C(F)(F)CF)OC(F)C(F)(F)C(F)(F)C(F)(F)CF. The molecule has 0 aromatic heterocycles. The van der Waals surface area contributed by atoms with Crippen LogP contribution in [0.25, 0.3) is 0 Å². The van der Waals surface area contributed by atoms with Crippen LogP contribution in [0.1, 0.15) is 25.7 Å². The summed E-state index contributed by atoms with van der Waals surface area (Å²) in [5, 5.41) is 3.16. The number of nitrogens with one attached hydrogen (secondary N) is 2. The highest BCUT2D eigenvalue weighted by Gasteiger charge is 2.77. The van der Waals surface area contributed by atoms with Crippen LogP contribution >= 0.6 is 0 Å². The minimum atomic E-state index is -6.57. The van der Waals surface area contributed by atoms with E-state index in [4.69, 9.17) is 0 Å². The molecule has 0 aliphatic heterocycles. The second-order valence-corrected chi connectivity index (χ2v) is 7.78. The zero-order valence-electron chi connectivity index (χ0n) is 19.5. The van der Waals surface area contributed by atoms with Crippen molar-refractivity contribution >= 4 is 12.2 Å². The van der Waals surface area contributed by atoms with E-state index < -0.39 is 86.9 Å². The molecule has 0 aromatic rings. The Balaban J connectivity index is 4.39. The molecule has 0 fully saturated rings. The lowest BCUT2D eigenvalue weighted by Gasteiger charge is -2.32. The third-order valence-corrected chi connectivity index (χ3v) is 4.72. The number of ether oxygens (including phenoxy) is 2. The molecule has 2 amide bonds. The lowest BCUT2D eigenvalue weighted by atomic mass is 10.1. The summed E-state index contributed by atoms with van der Waals surface area (Å²) in [6, 6.07) is 0. The van der Waals surface area contributed by atoms with Gasteiger partial charge in [0.05, 0.1) is 0 Å². The van der Waals surface area contributed by atoms with Crippen molar-refractivity contribution < 1.29 is 89.3 Å². The average Bonchev–Trinajstić information content (AvgIpc) is 2.84. The first-order valence-corrected chi connectivity index (χ1v) is 10.5. The van der Waals surface area contributed by atoms with E-state index in [1.54, 1.807) is 10.6 Å². The molecular weight excluding hydrogens is 612 g/mol. The number of carbonyl (C=O) groups is 2. The van der Waals surface area contributed by atoms with Gasteiger partial charge in [0.15, 0.2) is 13.3 Å². The van der Waals surface area contributed by atoms with Crippen LogP contribution in [0, 0.1) is 0 Å². The zero-order valence-corrected chi connectivity index (χ0v) is 19.5. The van der Waals surface area contributed by atoms with Gasteiger partial charge in [0.1, 0.15) is 0 Å². The van der Waals surface area contributed by atoms with Gasteiger partial charge in [-0.2, -0.15) is 61.5 Å². The molecule has 0 aliphatic carbocycles. The van der Waals surface area contributed by atoms with Crippen LogP contribution in [-0.4, -0.2) is 86.9 Å². The molecule has 0 rings (SSSR count). The molecule has 238 valence electrons. The highest BCUT2D eigenvalue weighted by molar-refractivity contribution is 5.67. The first kappa shape index (κ1) is 37.4. The van der Waals surface area contributed by atoms with Gasteiger partial charge >= 0.3 is 60.4 Å². The third-order valence-electron chi connectivity index (χ3n) is 4.72. The Kier molecular flexibility index (Phi) is 13.0. The third kappa shape index (κ3) is 8.46. The molecule has 0 radical (unpaired) electrons. The molecule has 0 saturated heterocycles. The summed E-state index contributed by atoms with van der Waals surface area (Å²) >= 11 is 0. The molecule has 2 atom stereocenters. The fraction of sp³-hybridized carbons (Fsp3) is 0.889. The summed E-state index contributed by atoms with van der Waals surface area (Å²) in [4.78, 5) is 22.4. The van der Waals surface area contributed by atoms with E-state index in [9.17, 15) is 79.8 Å². The number of rotatable bonds is 17. The maximum Gasteiger partial charge on any atom is 0.409 e. The fourth-order valence-electron chi connectivity index (χ4n) is 2.34. The largest absolute Gasteiger partial charge is 0.409 e. The van der Waals surface area contributed by atoms with Gasteiger partial charge < -0.3 is 20.1 Å². The van der Waals surface area contributed by atoms with Gasteiger partial charge in [0.25, 0.3) is 0 Å². The van der Waals surface area contributed by atoms with Crippen molar-refractivity contribution in [2.75, 3.05) is 26.4 Å². The lowest BCUT2D eigenvalue weighted by Crippen LogP contribution is -2.60. The lowest BCUT2D eigenvalue weighted by molar-refractivity contribution is -0.348. The van der Waals surface area contributed by atoms with Gasteiger partial charge in [-0.1, -0.05) is 12.8 Å². The monoisotopic (exact) mass is 632 g/mol. The van der Waals surface area contributed by atoms with Gasteiger partial charge in [-0.3, -0.25) is 0 Å². The van der Waals surface area contributed by atoms with Crippen LogP contribution in [0.4, 0.5) is 79.8 Å². The normalized spacial score (nSPS) is 15.3. The van der Waals surface area contributed by atoms with E-state index in [1.165, 1.54) is 0 Å². The quantitative estimate of drug-likeness (QED) is 0.145. The van der Waals surface area contributed by atoms with Crippen LogP contribution in [0.15, 0.2) is 0 Å². The minimum Gasteiger partial charge on any atom is -0.408 e. The Morgan fingerprint density at radius 1 is 0.550 bits per heavy atom. The van der Waals surface area contributed by atoms with Crippen LogP contribution in [0.3, 0.4) is 0 Å². The maximum atomic E-state index is 13.3. The predicted octanol–water partition coefficient (Wildman–Crippen LogP) is 6.34. The molecule has 0 saturated carbocycles. The van der Waals surface area contributed by atoms with E-state index >= 15 is 0 Å². The number of halogens is 16. The summed E-state index contributed by atoms with van der Waals surface area (Å²) in [6.07, 6.45) is -13.5. The van der Waals surface area contributed by atoms with E-state index in [2.05, 4.69) is 9.47 Å². The van der Waals surface area contributed by atoms with Crippen molar-refractivity contribution in [2.45, 2.75) is 73.9 Å². The van der Waals surface area contributed by atoms with E-state index in [0.29, 0.717) is 0 Å². The first-order chi connectivity index (χ1) is 18.0. The summed E-state index contributed by atoms with van der Waals surface area (Å²) < 4.78 is 213. The van der Waals surface area contributed by atoms with Crippen LogP contribution in [0.5, 0.6) is 0 Å². The van der Waals surface area contributed by atoms with E-state index in [-0.39, 0.29) is 25.7 Å². The van der Waals surface area contributed by atoms with Crippen molar-refractivity contribution in [2.24, 2.45) is 0 Å². The highest BCUT2D eigenvalue weighted by atomic mass is 19.4. The van der Waals surface area contributed by atoms with Gasteiger partial charge in [-0.25, -0.2) is 18.4 Å². The number of alkyl halides is 16. The Labute approximate surface area is 213 Å². The molecule has 0 bridgehead atoms. The molecule has 0 aliphatic rings. The zero-order chi connectivity index (χ0) is 31.8. The number of carbonyl (C=O) groups excluding carboxylic acids is 2. The smallest absolute Gasteiger partial charge is 0.408 e. The van der Waals surface area contributed by atoms with Crippen molar-refractivity contribution in [1.82, 2.24) is 10.6 Å². The van der Waals surface area contributed by atoms with Crippen molar-refractivity contribution in [3.8, 4) is 0 Å². The second-order valence-electron chi connectivity index (χ2n) is 7.78. The average molecular weight is 632 g/mol. The highest BCUT2D eigenvalue weighted by Crippen LogP contribution is 2.49. The summed E-state index contributed by atoms with van der Waals surface area (Å²) in [5.41, 5.74) is 0. The fourth-order valence-corrected chi connectivity index (χ4v) is 2.34. The summed E-state index contributed by atoms with van der Waals surface area (Å²) in [6.45, 7) is -7.58. The summed E-state index contributed by atoms with van der Waals surface area (Å²) in [7, 11) is 0. The first-order valence-electron chi connectivity index (χ1n) is 10.5. The van der Waals surface area contributed by atoms with Crippen LogP contribution in [-0.2, 0) is 9.47 Å². The molecule has 0 heterocycles. The number of hydrogen-bond donors (Lipinski definition) is 2. The number of amides is 2. The number of alkyl carbamates (subject to hydrolysis) is 2. The summed E-state index contributed by atoms with van der Waals surface area (Å²) in [5.74, 6) is -37.8. The standard InChI is InChI=1S/C18H20F16N2O4/c19-7-13(23,24)17(31,32)15(27,28)9(21)39-11(37)35-5-3-1-2-4-6-36-12(38)40-10(22)16(29,30)18(33,34)14(25,26)8-20/h9-10H,1-8H2,(H,35,37)(H,36,38). The predicted molar refractivity (Wildman–Crippen MR) is 98.9 cm³/mol. The Hall–Kier alpha value is -2.58. The van der Waals surface area contributed by atoms with E-state index in [0.717, 1.165) is 0 Å². The van der Waals surface area contributed by atoms with Crippen LogP contribution in [0.2, 0.25) is 0 Å². The molecule has 0 spiro atoms. The molecule has 22 heteroatoms. The van der Waals surface area contributed by atoms with Crippen molar-refractivity contribution in [3.05, 3.63) is 0 Å². The Bertz CT molecular complexity index is 764. The van der Waals surface area contributed by atoms with E-state index in [1.807, 2.05) is 0 Å². The maximum absolute atomic E-state index is 13.3. The van der Waals surface area contributed by atoms with Gasteiger partial charge in [-0.15, -0.1) is 0 Å². The van der Waals surface area contributed by atoms with Crippen molar-refractivity contribution in [1.29, 1.82) is 0 Å². The molecule has 2 N–H and O–H groups in total. The second kappa shape index (κ2) is 13.9. The van der Waals surface area contributed by atoms with Gasteiger partial charge in [0.2, 0.25) is 0 Å². The Morgan fingerprint density at radius 2 is 0.825 bits per heavy atom. The Morgan fingerprint density at radius 3 is 1.07 bits per heavy atom. The topological polar surface area (TPSA) is 76.7 Å². The molecule has 2 unspecified atom stereocenters. The molecule has 6 nitrogen and oxygen atoms in total. The minimum absolute atomic E-state index is 0.0569. The molecular formula is C18H20F16N2O4. The number of hydrogen-bond acceptors (Lipinski definition) is 4. The number of unbranched alkanes of at least 4 members (excludes halogenated alkanes) is 3.